The molecule has 2 aromatic carbocycles. The molecule has 0 spiro atoms. The van der Waals surface area contributed by atoms with E-state index >= 15 is 0 Å². The Labute approximate surface area is 164 Å². The molecule has 140 valence electrons. The maximum atomic E-state index is 12.4. The first-order valence-electron chi connectivity index (χ1n) is 9.02. The molecule has 0 radical (unpaired) electrons. The van der Waals surface area contributed by atoms with Gasteiger partial charge in [-0.2, -0.15) is 0 Å². The Kier molecular flexibility index (Phi) is 6.29. The molecule has 0 saturated heterocycles. The van der Waals surface area contributed by atoms with Crippen LogP contribution >= 0.6 is 11.8 Å². The van der Waals surface area contributed by atoms with Gasteiger partial charge in [0.15, 0.2) is 11.0 Å². The quantitative estimate of drug-likeness (QED) is 0.626. The molecule has 1 N–H and O–H groups in total. The van der Waals surface area contributed by atoms with Gasteiger partial charge in [0.25, 0.3) is 0 Å². The van der Waals surface area contributed by atoms with E-state index in [0.717, 1.165) is 28.5 Å². The van der Waals surface area contributed by atoms with Crippen LogP contribution in [0.15, 0.2) is 59.8 Å². The van der Waals surface area contributed by atoms with E-state index in [2.05, 4.69) is 53.6 Å². The zero-order valence-corrected chi connectivity index (χ0v) is 16.7. The molecule has 0 aliphatic rings. The van der Waals surface area contributed by atoms with Crippen molar-refractivity contribution in [1.82, 2.24) is 20.1 Å². The van der Waals surface area contributed by atoms with Gasteiger partial charge in [0.05, 0.1) is 11.8 Å². The van der Waals surface area contributed by atoms with Crippen molar-refractivity contribution in [3.63, 3.8) is 0 Å². The monoisotopic (exact) mass is 380 g/mol. The number of carbonyl (C=O) groups is 1. The van der Waals surface area contributed by atoms with Crippen LogP contribution in [0.5, 0.6) is 0 Å². The van der Waals surface area contributed by atoms with Crippen LogP contribution in [0, 0.1) is 6.92 Å². The minimum Gasteiger partial charge on any atom is -0.349 e. The molecule has 0 aliphatic carbocycles. The number of aromatic nitrogens is 3. The van der Waals surface area contributed by atoms with Crippen molar-refractivity contribution in [3.8, 4) is 11.4 Å². The molecule has 3 aromatic rings. The van der Waals surface area contributed by atoms with Gasteiger partial charge in [-0.3, -0.25) is 4.79 Å². The summed E-state index contributed by atoms with van der Waals surface area (Å²) < 4.78 is 1.92. The van der Waals surface area contributed by atoms with Crippen molar-refractivity contribution in [2.75, 3.05) is 5.75 Å². The third-order valence-electron chi connectivity index (χ3n) is 4.42. The van der Waals surface area contributed by atoms with E-state index in [1.807, 2.05) is 41.9 Å². The number of nitrogens with one attached hydrogen (secondary N) is 1. The average molecular weight is 381 g/mol. The Morgan fingerprint density at radius 2 is 1.81 bits per heavy atom. The zero-order valence-electron chi connectivity index (χ0n) is 15.8. The molecule has 6 heteroatoms. The van der Waals surface area contributed by atoms with Crippen molar-refractivity contribution in [2.24, 2.45) is 7.05 Å². The zero-order chi connectivity index (χ0) is 19.2. The highest BCUT2D eigenvalue weighted by Gasteiger charge is 2.15. The fourth-order valence-electron chi connectivity index (χ4n) is 2.87. The van der Waals surface area contributed by atoms with E-state index in [1.54, 1.807) is 0 Å². The summed E-state index contributed by atoms with van der Waals surface area (Å²) in [6, 6.07) is 18.2. The van der Waals surface area contributed by atoms with Gasteiger partial charge >= 0.3 is 0 Å². The lowest BCUT2D eigenvalue weighted by atomic mass is 10.0. The van der Waals surface area contributed by atoms with Crippen LogP contribution in [-0.2, 0) is 11.8 Å². The van der Waals surface area contributed by atoms with Gasteiger partial charge in [0.1, 0.15) is 0 Å². The second kappa shape index (κ2) is 8.86. The molecular weight excluding hydrogens is 356 g/mol. The predicted octanol–water partition coefficient (Wildman–Crippen LogP) is 4.15. The molecule has 1 heterocycles. The summed E-state index contributed by atoms with van der Waals surface area (Å²) in [5, 5.41) is 12.3. The van der Waals surface area contributed by atoms with E-state index in [-0.39, 0.29) is 11.9 Å². The molecule has 1 amide bonds. The second-order valence-corrected chi connectivity index (χ2v) is 7.40. The van der Waals surface area contributed by atoms with Crippen molar-refractivity contribution in [3.05, 3.63) is 65.7 Å². The van der Waals surface area contributed by atoms with Crippen LogP contribution in [0.25, 0.3) is 11.4 Å². The summed E-state index contributed by atoms with van der Waals surface area (Å²) in [6.07, 6.45) is 0.849. The standard InChI is InChI=1S/C21H24N4OS/c1-4-18(16-12-10-15(2)11-13-16)22-19(26)14-27-21-24-23-20(25(21)3)17-8-6-5-7-9-17/h5-13,18H,4,14H2,1-3H3,(H,22,26)/t18-/m1/s1. The Bertz CT molecular complexity index is 890. The molecule has 27 heavy (non-hydrogen) atoms. The Morgan fingerprint density at radius 3 is 2.48 bits per heavy atom. The van der Waals surface area contributed by atoms with Crippen LogP contribution in [0.3, 0.4) is 0 Å². The predicted molar refractivity (Wildman–Crippen MR) is 110 cm³/mol. The largest absolute Gasteiger partial charge is 0.349 e. The lowest BCUT2D eigenvalue weighted by Crippen LogP contribution is -2.29. The highest BCUT2D eigenvalue weighted by molar-refractivity contribution is 7.99. The summed E-state index contributed by atoms with van der Waals surface area (Å²) in [5.41, 5.74) is 3.35. The number of amides is 1. The Morgan fingerprint density at radius 1 is 1.11 bits per heavy atom. The SMILES string of the molecule is CC[C@@H](NC(=O)CSc1nnc(-c2ccccc2)n1C)c1ccc(C)cc1. The van der Waals surface area contributed by atoms with Gasteiger partial charge in [0.2, 0.25) is 5.91 Å². The second-order valence-electron chi connectivity index (χ2n) is 6.46. The van der Waals surface area contributed by atoms with Gasteiger partial charge in [-0.15, -0.1) is 10.2 Å². The fourth-order valence-corrected chi connectivity index (χ4v) is 3.59. The molecule has 3 rings (SSSR count). The Balaban J connectivity index is 1.60. The number of aryl methyl sites for hydroxylation is 1. The number of benzene rings is 2. The van der Waals surface area contributed by atoms with E-state index in [1.165, 1.54) is 17.3 Å². The van der Waals surface area contributed by atoms with E-state index < -0.39 is 0 Å². The van der Waals surface area contributed by atoms with Gasteiger partial charge in [0, 0.05) is 12.6 Å². The molecule has 1 atom stereocenters. The summed E-state index contributed by atoms with van der Waals surface area (Å²) in [4.78, 5) is 12.4. The smallest absolute Gasteiger partial charge is 0.230 e. The Hall–Kier alpha value is -2.60. The highest BCUT2D eigenvalue weighted by Crippen LogP contribution is 2.23. The molecule has 0 fully saturated rings. The van der Waals surface area contributed by atoms with Crippen LogP contribution < -0.4 is 5.32 Å². The number of nitrogens with zero attached hydrogens (tertiary/aromatic N) is 3. The normalized spacial score (nSPS) is 12.0. The van der Waals surface area contributed by atoms with Crippen molar-refractivity contribution in [1.29, 1.82) is 0 Å². The molecule has 0 saturated carbocycles. The third-order valence-corrected chi connectivity index (χ3v) is 5.44. The first kappa shape index (κ1) is 19.2. The maximum Gasteiger partial charge on any atom is 0.230 e. The number of thioether (sulfide) groups is 1. The summed E-state index contributed by atoms with van der Waals surface area (Å²) in [6.45, 7) is 4.14. The topological polar surface area (TPSA) is 59.8 Å². The van der Waals surface area contributed by atoms with Gasteiger partial charge in [-0.05, 0) is 18.9 Å². The molecule has 0 unspecified atom stereocenters. The number of hydrogen-bond donors (Lipinski definition) is 1. The first-order valence-corrected chi connectivity index (χ1v) is 10.0. The minimum atomic E-state index is -0.00307. The average Bonchev–Trinajstić information content (AvgIpc) is 3.06. The molecule has 5 nitrogen and oxygen atoms in total. The molecule has 1 aromatic heterocycles. The van der Waals surface area contributed by atoms with Crippen LogP contribution in [0.2, 0.25) is 0 Å². The highest BCUT2D eigenvalue weighted by atomic mass is 32.2. The summed E-state index contributed by atoms with van der Waals surface area (Å²) in [7, 11) is 1.92. The van der Waals surface area contributed by atoms with Crippen molar-refractivity contribution < 1.29 is 4.79 Å². The number of hydrogen-bond acceptors (Lipinski definition) is 4. The first-order chi connectivity index (χ1) is 13.1. The van der Waals surface area contributed by atoms with E-state index in [4.69, 9.17) is 0 Å². The van der Waals surface area contributed by atoms with Crippen LogP contribution in [-0.4, -0.2) is 26.4 Å². The molecule has 0 aliphatic heterocycles. The van der Waals surface area contributed by atoms with E-state index in [9.17, 15) is 4.79 Å². The van der Waals surface area contributed by atoms with Crippen molar-refractivity contribution >= 4 is 17.7 Å². The molecular formula is C21H24N4OS. The van der Waals surface area contributed by atoms with Gasteiger partial charge < -0.3 is 9.88 Å². The van der Waals surface area contributed by atoms with Crippen LogP contribution in [0.4, 0.5) is 0 Å². The van der Waals surface area contributed by atoms with Gasteiger partial charge in [-0.1, -0.05) is 78.8 Å². The maximum absolute atomic E-state index is 12.4. The lowest BCUT2D eigenvalue weighted by Gasteiger charge is -2.17. The van der Waals surface area contributed by atoms with Gasteiger partial charge in [-0.25, -0.2) is 0 Å². The fraction of sp³-hybridized carbons (Fsp3) is 0.286. The summed E-state index contributed by atoms with van der Waals surface area (Å²) >= 11 is 1.40. The number of rotatable bonds is 7. The van der Waals surface area contributed by atoms with Crippen LogP contribution in [0.1, 0.15) is 30.5 Å². The lowest BCUT2D eigenvalue weighted by molar-refractivity contribution is -0.119. The van der Waals surface area contributed by atoms with E-state index in [0.29, 0.717) is 5.75 Å². The summed E-state index contributed by atoms with van der Waals surface area (Å²) in [5.74, 6) is 1.10. The third kappa shape index (κ3) is 4.77. The molecule has 0 bridgehead atoms. The number of carbonyl (C=O) groups excluding carboxylic acids is 1. The minimum absolute atomic E-state index is 0.00307. The van der Waals surface area contributed by atoms with Crippen molar-refractivity contribution in [2.45, 2.75) is 31.5 Å².